The van der Waals surface area contributed by atoms with E-state index in [1.165, 1.54) is 83.8 Å². The largest absolute Gasteiger partial charge is 0.310 e. The SMILES string of the molecule is CC1(C)c2ccccc2-c2ccc(N(c3ccc4c(c3)C(C)(C)c3ccccc3-4)c3ccc4c(c3)C(C)(C)c3ccccc3-4)cc21. The Hall–Kier alpha value is -4.88. The van der Waals surface area contributed by atoms with Gasteiger partial charge in [0.25, 0.3) is 0 Å². The first-order valence-corrected chi connectivity index (χ1v) is 16.6. The molecular formula is C45H39N. The second-order valence-electron chi connectivity index (χ2n) is 15.0. The Morgan fingerprint density at radius 1 is 0.304 bits per heavy atom. The Balaban J connectivity index is 1.26. The van der Waals surface area contributed by atoms with Gasteiger partial charge in [-0.1, -0.05) is 133 Å². The Labute approximate surface area is 273 Å². The normalized spacial score (nSPS) is 16.6. The highest BCUT2D eigenvalue weighted by molar-refractivity contribution is 5.90. The van der Waals surface area contributed by atoms with Crippen molar-refractivity contribution in [3.63, 3.8) is 0 Å². The van der Waals surface area contributed by atoms with Crippen molar-refractivity contribution < 1.29 is 0 Å². The average Bonchev–Trinajstić information content (AvgIpc) is 3.54. The van der Waals surface area contributed by atoms with E-state index in [2.05, 4.69) is 174 Å². The molecule has 3 aliphatic rings. The van der Waals surface area contributed by atoms with Crippen molar-refractivity contribution in [1.29, 1.82) is 0 Å². The van der Waals surface area contributed by atoms with Gasteiger partial charge < -0.3 is 4.90 Å². The minimum absolute atomic E-state index is 0.0727. The van der Waals surface area contributed by atoms with Crippen LogP contribution in [0.4, 0.5) is 17.1 Å². The van der Waals surface area contributed by atoms with Gasteiger partial charge in [0.15, 0.2) is 0 Å². The van der Waals surface area contributed by atoms with Gasteiger partial charge in [-0.2, -0.15) is 0 Å². The summed E-state index contributed by atoms with van der Waals surface area (Å²) in [6.07, 6.45) is 0. The fourth-order valence-corrected chi connectivity index (χ4v) is 8.94. The van der Waals surface area contributed by atoms with Crippen molar-refractivity contribution >= 4 is 17.1 Å². The molecule has 46 heavy (non-hydrogen) atoms. The molecule has 0 atom stereocenters. The lowest BCUT2D eigenvalue weighted by Gasteiger charge is -2.31. The molecule has 0 fully saturated rings. The molecule has 9 rings (SSSR count). The number of benzene rings is 6. The van der Waals surface area contributed by atoms with Gasteiger partial charge in [0, 0.05) is 33.3 Å². The summed E-state index contributed by atoms with van der Waals surface area (Å²) in [4.78, 5) is 2.50. The van der Waals surface area contributed by atoms with E-state index in [1.54, 1.807) is 0 Å². The molecule has 0 saturated carbocycles. The maximum absolute atomic E-state index is 2.50. The molecule has 0 aliphatic heterocycles. The smallest absolute Gasteiger partial charge is 0.0465 e. The molecule has 3 aliphatic carbocycles. The van der Waals surface area contributed by atoms with E-state index >= 15 is 0 Å². The number of nitrogens with zero attached hydrogens (tertiary/aromatic N) is 1. The minimum atomic E-state index is -0.0727. The molecule has 0 bridgehead atoms. The fourth-order valence-electron chi connectivity index (χ4n) is 8.94. The topological polar surface area (TPSA) is 3.24 Å². The summed E-state index contributed by atoms with van der Waals surface area (Å²) in [5.74, 6) is 0. The summed E-state index contributed by atoms with van der Waals surface area (Å²) < 4.78 is 0. The Kier molecular flexibility index (Phi) is 5.43. The highest BCUT2D eigenvalue weighted by Gasteiger charge is 2.39. The zero-order chi connectivity index (χ0) is 31.6. The standard InChI is InChI=1S/C45H39N/c1-43(2)37-16-10-7-13-31(37)34-22-19-28(25-40(34)43)46(29-20-23-35-32-14-8-11-17-38(32)44(3,4)41(35)26-29)30-21-24-36-33-15-9-12-18-39(33)45(5,6)42(36)27-30/h7-27H,1-6H3. The van der Waals surface area contributed by atoms with Crippen LogP contribution in [0.5, 0.6) is 0 Å². The van der Waals surface area contributed by atoms with Crippen LogP contribution in [0.2, 0.25) is 0 Å². The van der Waals surface area contributed by atoms with E-state index in [4.69, 9.17) is 0 Å². The third kappa shape index (κ3) is 3.52. The number of fused-ring (bicyclic) bond motifs is 9. The van der Waals surface area contributed by atoms with Crippen molar-refractivity contribution in [3.8, 4) is 33.4 Å². The number of anilines is 3. The van der Waals surface area contributed by atoms with E-state index in [1.807, 2.05) is 0 Å². The van der Waals surface area contributed by atoms with Gasteiger partial charge >= 0.3 is 0 Å². The van der Waals surface area contributed by atoms with Crippen molar-refractivity contribution in [2.75, 3.05) is 4.90 Å². The summed E-state index contributed by atoms with van der Waals surface area (Å²) >= 11 is 0. The third-order valence-electron chi connectivity index (χ3n) is 11.5. The van der Waals surface area contributed by atoms with Gasteiger partial charge in [-0.25, -0.2) is 0 Å². The first kappa shape index (κ1) is 27.4. The molecule has 1 heteroatoms. The third-order valence-corrected chi connectivity index (χ3v) is 11.5. The van der Waals surface area contributed by atoms with Crippen LogP contribution in [0.3, 0.4) is 0 Å². The van der Waals surface area contributed by atoms with Crippen LogP contribution < -0.4 is 4.90 Å². The van der Waals surface area contributed by atoms with Crippen molar-refractivity contribution in [2.24, 2.45) is 0 Å². The molecule has 1 nitrogen and oxygen atoms in total. The molecule has 0 radical (unpaired) electrons. The Morgan fingerprint density at radius 2 is 0.565 bits per heavy atom. The lowest BCUT2D eigenvalue weighted by atomic mass is 9.81. The van der Waals surface area contributed by atoms with E-state index < -0.39 is 0 Å². The van der Waals surface area contributed by atoms with E-state index in [-0.39, 0.29) is 16.2 Å². The second-order valence-corrected chi connectivity index (χ2v) is 15.0. The monoisotopic (exact) mass is 593 g/mol. The number of rotatable bonds is 3. The van der Waals surface area contributed by atoms with Crippen LogP contribution in [-0.2, 0) is 16.2 Å². The first-order chi connectivity index (χ1) is 22.1. The lowest BCUT2D eigenvalue weighted by molar-refractivity contribution is 0.659. The molecule has 6 aromatic rings. The summed E-state index contributed by atoms with van der Waals surface area (Å²) in [7, 11) is 0. The van der Waals surface area contributed by atoms with E-state index in [9.17, 15) is 0 Å². The predicted octanol–water partition coefficient (Wildman–Crippen LogP) is 12.1. The van der Waals surface area contributed by atoms with Gasteiger partial charge in [0.2, 0.25) is 0 Å². The summed E-state index contributed by atoms with van der Waals surface area (Å²) in [5.41, 5.74) is 19.9. The predicted molar refractivity (Wildman–Crippen MR) is 194 cm³/mol. The van der Waals surface area contributed by atoms with Crippen LogP contribution in [0, 0.1) is 0 Å². The van der Waals surface area contributed by atoms with E-state index in [0.29, 0.717) is 0 Å². The van der Waals surface area contributed by atoms with Crippen molar-refractivity contribution in [3.05, 3.63) is 161 Å². The van der Waals surface area contributed by atoms with Crippen LogP contribution in [0.25, 0.3) is 33.4 Å². The zero-order valence-corrected chi connectivity index (χ0v) is 27.6. The molecule has 0 aromatic heterocycles. The van der Waals surface area contributed by atoms with Gasteiger partial charge in [-0.05, 0) is 103 Å². The van der Waals surface area contributed by atoms with Crippen LogP contribution >= 0.6 is 0 Å². The highest BCUT2D eigenvalue weighted by Crippen LogP contribution is 2.54. The molecule has 0 unspecified atom stereocenters. The molecule has 224 valence electrons. The molecular weight excluding hydrogens is 555 g/mol. The molecule has 0 saturated heterocycles. The average molecular weight is 594 g/mol. The molecule has 6 aromatic carbocycles. The molecule has 0 amide bonds. The van der Waals surface area contributed by atoms with Crippen molar-refractivity contribution in [1.82, 2.24) is 0 Å². The summed E-state index contributed by atoms with van der Waals surface area (Å²) in [6, 6.07) is 48.2. The maximum Gasteiger partial charge on any atom is 0.0465 e. The minimum Gasteiger partial charge on any atom is -0.310 e. The zero-order valence-electron chi connectivity index (χ0n) is 27.6. The second kappa shape index (κ2) is 9.10. The molecule has 0 spiro atoms. The maximum atomic E-state index is 2.50. The Morgan fingerprint density at radius 3 is 0.870 bits per heavy atom. The van der Waals surface area contributed by atoms with Gasteiger partial charge in [-0.3, -0.25) is 0 Å². The highest BCUT2D eigenvalue weighted by atomic mass is 15.1. The summed E-state index contributed by atoms with van der Waals surface area (Å²) in [6.45, 7) is 14.2. The van der Waals surface area contributed by atoms with Gasteiger partial charge in [0.1, 0.15) is 0 Å². The fraction of sp³-hybridized carbons (Fsp3) is 0.200. The van der Waals surface area contributed by atoms with Crippen molar-refractivity contribution in [2.45, 2.75) is 57.8 Å². The molecule has 0 N–H and O–H groups in total. The van der Waals surface area contributed by atoms with Crippen LogP contribution in [0.15, 0.2) is 127 Å². The molecule has 0 heterocycles. The number of hydrogen-bond acceptors (Lipinski definition) is 1. The van der Waals surface area contributed by atoms with E-state index in [0.717, 1.165) is 0 Å². The summed E-state index contributed by atoms with van der Waals surface area (Å²) in [5, 5.41) is 0. The van der Waals surface area contributed by atoms with Gasteiger partial charge in [0.05, 0.1) is 0 Å². The van der Waals surface area contributed by atoms with Crippen LogP contribution in [0.1, 0.15) is 74.9 Å². The van der Waals surface area contributed by atoms with Crippen LogP contribution in [-0.4, -0.2) is 0 Å². The first-order valence-electron chi connectivity index (χ1n) is 16.6. The number of hydrogen-bond donors (Lipinski definition) is 0. The Bertz CT molecular complexity index is 1990. The van der Waals surface area contributed by atoms with Gasteiger partial charge in [-0.15, -0.1) is 0 Å². The quantitative estimate of drug-likeness (QED) is 0.197. The lowest BCUT2D eigenvalue weighted by Crippen LogP contribution is -2.19.